The van der Waals surface area contributed by atoms with E-state index < -0.39 is 0 Å². The maximum atomic E-state index is 6.04. The van der Waals surface area contributed by atoms with Crippen molar-refractivity contribution in [3.63, 3.8) is 0 Å². The Hall–Kier alpha value is -1.62. The molecule has 3 rings (SSSR count). The van der Waals surface area contributed by atoms with Gasteiger partial charge in [0, 0.05) is 17.1 Å². The van der Waals surface area contributed by atoms with Crippen molar-refractivity contribution in [3.05, 3.63) is 24.4 Å². The number of thiocarbonyl (C=S) groups is 1. The molecule has 0 spiro atoms. The molecule has 1 fully saturated rings. The summed E-state index contributed by atoms with van der Waals surface area (Å²) < 4.78 is 0. The minimum atomic E-state index is 0.420. The molecule has 0 atom stereocenters. The maximum absolute atomic E-state index is 6.04. The van der Waals surface area contributed by atoms with Crippen molar-refractivity contribution in [2.75, 3.05) is 4.90 Å². The molecule has 2 aromatic rings. The van der Waals surface area contributed by atoms with Crippen molar-refractivity contribution in [1.82, 2.24) is 10.2 Å². The van der Waals surface area contributed by atoms with Gasteiger partial charge in [0.15, 0.2) is 5.11 Å². The lowest BCUT2D eigenvalue weighted by molar-refractivity contribution is 0.452. The summed E-state index contributed by atoms with van der Waals surface area (Å²) >= 11 is 5.34. The SMILES string of the molecule is NC(=S)N(c1ccc2cn[nH]c2c1)C1CCCCCCC1. The van der Waals surface area contributed by atoms with Gasteiger partial charge in [-0.15, -0.1) is 0 Å². The fraction of sp³-hybridized carbons (Fsp3) is 0.500. The molecule has 1 aliphatic carbocycles. The predicted octanol–water partition coefficient (Wildman–Crippen LogP) is 3.73. The molecule has 1 aromatic heterocycles. The molecule has 4 nitrogen and oxygen atoms in total. The monoisotopic (exact) mass is 302 g/mol. The molecule has 1 aliphatic rings. The third-order valence-electron chi connectivity index (χ3n) is 4.38. The van der Waals surface area contributed by atoms with E-state index in [2.05, 4.69) is 33.3 Å². The molecule has 112 valence electrons. The molecule has 5 heteroatoms. The molecule has 1 saturated carbocycles. The third kappa shape index (κ3) is 3.18. The highest BCUT2D eigenvalue weighted by molar-refractivity contribution is 7.80. The van der Waals surface area contributed by atoms with Crippen molar-refractivity contribution >= 4 is 33.9 Å². The van der Waals surface area contributed by atoms with E-state index in [1.165, 1.54) is 44.9 Å². The Morgan fingerprint density at radius 2 is 1.90 bits per heavy atom. The number of nitrogens with two attached hydrogens (primary N) is 1. The Balaban J connectivity index is 1.90. The zero-order valence-electron chi connectivity index (χ0n) is 12.2. The molecular weight excluding hydrogens is 280 g/mol. The lowest BCUT2D eigenvalue weighted by atomic mass is 9.95. The first-order chi connectivity index (χ1) is 10.3. The van der Waals surface area contributed by atoms with E-state index in [4.69, 9.17) is 18.0 Å². The second-order valence-corrected chi connectivity index (χ2v) is 6.27. The number of H-pyrrole nitrogens is 1. The van der Waals surface area contributed by atoms with Crippen molar-refractivity contribution in [2.24, 2.45) is 5.73 Å². The summed E-state index contributed by atoms with van der Waals surface area (Å²) in [4.78, 5) is 2.14. The summed E-state index contributed by atoms with van der Waals surface area (Å²) in [6, 6.07) is 6.68. The van der Waals surface area contributed by atoms with Gasteiger partial charge < -0.3 is 10.6 Å². The fourth-order valence-electron chi connectivity index (χ4n) is 3.29. The quantitative estimate of drug-likeness (QED) is 0.830. The fourth-order valence-corrected chi connectivity index (χ4v) is 3.54. The molecule has 0 unspecified atom stereocenters. The summed E-state index contributed by atoms with van der Waals surface area (Å²) in [5.74, 6) is 0. The van der Waals surface area contributed by atoms with Gasteiger partial charge in [-0.05, 0) is 43.3 Å². The van der Waals surface area contributed by atoms with Gasteiger partial charge in [0.1, 0.15) is 0 Å². The number of nitrogens with one attached hydrogen (secondary N) is 1. The predicted molar refractivity (Wildman–Crippen MR) is 91.5 cm³/mol. The number of nitrogens with zero attached hydrogens (tertiary/aromatic N) is 2. The van der Waals surface area contributed by atoms with Gasteiger partial charge in [-0.25, -0.2) is 0 Å². The minimum absolute atomic E-state index is 0.420. The maximum Gasteiger partial charge on any atom is 0.171 e. The van der Waals surface area contributed by atoms with Gasteiger partial charge in [-0.1, -0.05) is 32.1 Å². The molecular formula is C16H22N4S. The molecule has 3 N–H and O–H groups in total. The molecule has 0 aliphatic heterocycles. The highest BCUT2D eigenvalue weighted by Gasteiger charge is 2.22. The van der Waals surface area contributed by atoms with Crippen LogP contribution in [0.1, 0.15) is 44.9 Å². The van der Waals surface area contributed by atoms with Crippen LogP contribution in [0.15, 0.2) is 24.4 Å². The van der Waals surface area contributed by atoms with Gasteiger partial charge in [-0.3, -0.25) is 5.10 Å². The first-order valence-corrected chi connectivity index (χ1v) is 8.18. The van der Waals surface area contributed by atoms with Crippen LogP contribution in [0.5, 0.6) is 0 Å². The van der Waals surface area contributed by atoms with Crippen molar-refractivity contribution in [3.8, 4) is 0 Å². The summed E-state index contributed by atoms with van der Waals surface area (Å²) in [6.45, 7) is 0. The highest BCUT2D eigenvalue weighted by atomic mass is 32.1. The Bertz CT molecular complexity index is 614. The van der Waals surface area contributed by atoms with Crippen LogP contribution in [-0.2, 0) is 0 Å². The molecule has 0 bridgehead atoms. The first-order valence-electron chi connectivity index (χ1n) is 7.77. The number of hydrogen-bond donors (Lipinski definition) is 2. The highest BCUT2D eigenvalue weighted by Crippen LogP contribution is 2.28. The lowest BCUT2D eigenvalue weighted by Crippen LogP contribution is -2.44. The standard InChI is InChI=1S/C16H22N4S/c17-16(21)20(13-6-4-2-1-3-5-7-13)14-9-8-12-11-18-19-15(12)10-14/h8-11,13H,1-7H2,(H2,17,21)(H,18,19). The summed E-state index contributed by atoms with van der Waals surface area (Å²) in [5.41, 5.74) is 8.14. The van der Waals surface area contributed by atoms with Crippen molar-refractivity contribution < 1.29 is 0 Å². The van der Waals surface area contributed by atoms with Gasteiger partial charge in [-0.2, -0.15) is 5.10 Å². The van der Waals surface area contributed by atoms with E-state index in [9.17, 15) is 0 Å². The van der Waals surface area contributed by atoms with E-state index in [1.54, 1.807) is 0 Å². The van der Waals surface area contributed by atoms with E-state index in [0.717, 1.165) is 16.6 Å². The number of hydrogen-bond acceptors (Lipinski definition) is 2. The van der Waals surface area contributed by atoms with E-state index >= 15 is 0 Å². The molecule has 0 saturated heterocycles. The number of anilines is 1. The van der Waals surface area contributed by atoms with Crippen LogP contribution >= 0.6 is 12.2 Å². The van der Waals surface area contributed by atoms with Crippen LogP contribution in [0, 0.1) is 0 Å². The Morgan fingerprint density at radius 3 is 2.62 bits per heavy atom. The van der Waals surface area contributed by atoms with Crippen LogP contribution in [0.4, 0.5) is 5.69 Å². The summed E-state index contributed by atoms with van der Waals surface area (Å²) in [6.07, 6.45) is 10.7. The average Bonchev–Trinajstić information content (AvgIpc) is 2.88. The first kappa shape index (κ1) is 14.3. The van der Waals surface area contributed by atoms with Crippen LogP contribution in [-0.4, -0.2) is 21.4 Å². The van der Waals surface area contributed by atoms with Crippen LogP contribution in [0.25, 0.3) is 10.9 Å². The third-order valence-corrected chi connectivity index (χ3v) is 4.58. The van der Waals surface area contributed by atoms with Crippen molar-refractivity contribution in [1.29, 1.82) is 0 Å². The number of rotatable bonds is 2. The molecule has 1 heterocycles. The van der Waals surface area contributed by atoms with Crippen LogP contribution in [0.2, 0.25) is 0 Å². The number of fused-ring (bicyclic) bond motifs is 1. The molecule has 1 aromatic carbocycles. The Labute approximate surface area is 130 Å². The normalized spacial score (nSPS) is 17.3. The Morgan fingerprint density at radius 1 is 1.19 bits per heavy atom. The van der Waals surface area contributed by atoms with Crippen LogP contribution < -0.4 is 10.6 Å². The summed E-state index contributed by atoms with van der Waals surface area (Å²) in [5, 5.41) is 8.68. The zero-order valence-corrected chi connectivity index (χ0v) is 13.0. The largest absolute Gasteiger partial charge is 0.376 e. The number of aromatic amines is 1. The van der Waals surface area contributed by atoms with E-state index in [0.29, 0.717) is 11.2 Å². The van der Waals surface area contributed by atoms with Crippen LogP contribution in [0.3, 0.4) is 0 Å². The number of benzene rings is 1. The van der Waals surface area contributed by atoms with Gasteiger partial charge in [0.05, 0.1) is 11.7 Å². The summed E-state index contributed by atoms with van der Waals surface area (Å²) in [7, 11) is 0. The van der Waals surface area contributed by atoms with E-state index in [1.807, 2.05) is 6.20 Å². The van der Waals surface area contributed by atoms with Gasteiger partial charge in [0.25, 0.3) is 0 Å². The molecule has 0 amide bonds. The van der Waals surface area contributed by atoms with E-state index in [-0.39, 0.29) is 0 Å². The molecule has 0 radical (unpaired) electrons. The number of aromatic nitrogens is 2. The zero-order chi connectivity index (χ0) is 14.7. The second-order valence-electron chi connectivity index (χ2n) is 5.85. The second kappa shape index (κ2) is 6.43. The lowest BCUT2D eigenvalue weighted by Gasteiger charge is -2.33. The Kier molecular flexibility index (Phi) is 4.39. The molecule has 21 heavy (non-hydrogen) atoms. The van der Waals surface area contributed by atoms with Crippen molar-refractivity contribution in [2.45, 2.75) is 51.0 Å². The topological polar surface area (TPSA) is 57.9 Å². The smallest absolute Gasteiger partial charge is 0.171 e. The average molecular weight is 302 g/mol. The van der Waals surface area contributed by atoms with Gasteiger partial charge in [0.2, 0.25) is 0 Å². The minimum Gasteiger partial charge on any atom is -0.376 e. The van der Waals surface area contributed by atoms with Gasteiger partial charge >= 0.3 is 0 Å².